The highest BCUT2D eigenvalue weighted by atomic mass is 127. The monoisotopic (exact) mass is 318 g/mol. The lowest BCUT2D eigenvalue weighted by Crippen LogP contribution is -2.20. The van der Waals surface area contributed by atoms with E-state index in [1.807, 2.05) is 23.6 Å². The van der Waals surface area contributed by atoms with E-state index in [2.05, 4.69) is 28.0 Å². The average molecular weight is 318 g/mol. The van der Waals surface area contributed by atoms with E-state index in [4.69, 9.17) is 0 Å². The predicted molar refractivity (Wildman–Crippen MR) is 65.2 cm³/mol. The Hall–Kier alpha value is -0.820. The molecule has 14 heavy (non-hydrogen) atoms. The molecule has 0 aromatic carbocycles. The molecule has 2 aromatic heterocycles. The normalized spacial score (nSPS) is 10.1. The highest BCUT2D eigenvalue weighted by Gasteiger charge is 2.10. The topological polar surface area (TPSA) is 34.0 Å². The molecule has 5 heteroatoms. The molecule has 0 fully saturated rings. The van der Waals surface area contributed by atoms with Gasteiger partial charge in [0, 0.05) is 16.0 Å². The van der Waals surface area contributed by atoms with Crippen LogP contribution in [-0.4, -0.2) is 10.6 Å². The molecule has 0 aliphatic heterocycles. The van der Waals surface area contributed by atoms with E-state index in [1.165, 1.54) is 11.3 Å². The Kier molecular flexibility index (Phi) is 2.87. The number of carbonyl (C=O) groups is 1. The van der Waals surface area contributed by atoms with Crippen LogP contribution in [0.2, 0.25) is 0 Å². The van der Waals surface area contributed by atoms with Crippen molar-refractivity contribution in [3.8, 4) is 0 Å². The molecule has 72 valence electrons. The number of rotatable bonds is 2. The maximum atomic E-state index is 11.7. The van der Waals surface area contributed by atoms with Crippen molar-refractivity contribution in [2.24, 2.45) is 0 Å². The third kappa shape index (κ3) is 1.98. The number of hydrogen-bond acceptors (Lipinski definition) is 2. The molecule has 0 atom stereocenters. The molecule has 0 aliphatic rings. The van der Waals surface area contributed by atoms with Gasteiger partial charge in [0.2, 0.25) is 0 Å². The van der Waals surface area contributed by atoms with Gasteiger partial charge < -0.3 is 0 Å². The first kappa shape index (κ1) is 9.72. The van der Waals surface area contributed by atoms with E-state index in [1.54, 1.807) is 17.1 Å². The van der Waals surface area contributed by atoms with Gasteiger partial charge in [0.25, 0.3) is 5.91 Å². The van der Waals surface area contributed by atoms with Gasteiger partial charge in [-0.15, -0.1) is 11.3 Å². The lowest BCUT2D eigenvalue weighted by Gasteiger charge is -2.04. The van der Waals surface area contributed by atoms with Gasteiger partial charge >= 0.3 is 0 Å². The fourth-order valence-electron chi connectivity index (χ4n) is 1.03. The fourth-order valence-corrected chi connectivity index (χ4v) is 2.76. The van der Waals surface area contributed by atoms with Crippen molar-refractivity contribution >= 4 is 39.8 Å². The zero-order valence-corrected chi connectivity index (χ0v) is 10.1. The number of aromatic nitrogens is 1. The van der Waals surface area contributed by atoms with Crippen LogP contribution in [-0.2, 0) is 0 Å². The van der Waals surface area contributed by atoms with Crippen LogP contribution in [0.3, 0.4) is 0 Å². The van der Waals surface area contributed by atoms with Crippen molar-refractivity contribution in [3.05, 3.63) is 44.4 Å². The highest BCUT2D eigenvalue weighted by molar-refractivity contribution is 14.1. The average Bonchev–Trinajstić information content (AvgIpc) is 2.75. The number of hydrogen-bond donors (Lipinski definition) is 1. The molecule has 0 aliphatic carbocycles. The zero-order chi connectivity index (χ0) is 9.97. The molecule has 2 aromatic rings. The fraction of sp³-hybridized carbons (Fsp3) is 0. The molecule has 0 saturated carbocycles. The summed E-state index contributed by atoms with van der Waals surface area (Å²) < 4.78 is 2.62. The Balaban J connectivity index is 2.14. The maximum absolute atomic E-state index is 11.7. The summed E-state index contributed by atoms with van der Waals surface area (Å²) >= 11 is 3.60. The van der Waals surface area contributed by atoms with Gasteiger partial charge in [-0.1, -0.05) is 0 Å². The molecule has 1 N–H and O–H groups in total. The Morgan fingerprint density at radius 3 is 2.71 bits per heavy atom. The van der Waals surface area contributed by atoms with Crippen LogP contribution in [0.4, 0.5) is 0 Å². The van der Waals surface area contributed by atoms with Crippen LogP contribution >= 0.6 is 33.9 Å². The van der Waals surface area contributed by atoms with Crippen molar-refractivity contribution in [2.75, 3.05) is 5.43 Å². The summed E-state index contributed by atoms with van der Waals surface area (Å²) in [7, 11) is 0. The second kappa shape index (κ2) is 4.14. The second-order valence-electron chi connectivity index (χ2n) is 2.63. The largest absolute Gasteiger partial charge is 0.281 e. The molecule has 0 saturated heterocycles. The minimum Gasteiger partial charge on any atom is -0.268 e. The minimum absolute atomic E-state index is 0.0689. The van der Waals surface area contributed by atoms with Gasteiger partial charge in [-0.2, -0.15) is 0 Å². The van der Waals surface area contributed by atoms with E-state index >= 15 is 0 Å². The van der Waals surface area contributed by atoms with E-state index < -0.39 is 0 Å². The molecule has 0 bridgehead atoms. The first-order chi connectivity index (χ1) is 6.77. The molecular formula is C9H7IN2OS. The lowest BCUT2D eigenvalue weighted by molar-refractivity contribution is 0.101. The van der Waals surface area contributed by atoms with Gasteiger partial charge in [0.05, 0.1) is 0 Å². The second-order valence-corrected chi connectivity index (χ2v) is 4.71. The van der Waals surface area contributed by atoms with Gasteiger partial charge in [-0.05, 0) is 46.2 Å². The quantitative estimate of drug-likeness (QED) is 0.849. The van der Waals surface area contributed by atoms with Crippen LogP contribution in [0.5, 0.6) is 0 Å². The van der Waals surface area contributed by atoms with Crippen LogP contribution < -0.4 is 5.43 Å². The summed E-state index contributed by atoms with van der Waals surface area (Å²) in [4.78, 5) is 12.4. The minimum atomic E-state index is -0.0689. The van der Waals surface area contributed by atoms with Gasteiger partial charge in [0.1, 0.15) is 4.88 Å². The molecule has 0 spiro atoms. The molecular weight excluding hydrogens is 311 g/mol. The number of thiophene rings is 1. The van der Waals surface area contributed by atoms with Crippen LogP contribution in [0.1, 0.15) is 9.67 Å². The number of amides is 1. The Morgan fingerprint density at radius 2 is 2.14 bits per heavy atom. The number of halogens is 1. The van der Waals surface area contributed by atoms with Crippen molar-refractivity contribution in [2.45, 2.75) is 0 Å². The highest BCUT2D eigenvalue weighted by Crippen LogP contribution is 2.18. The van der Waals surface area contributed by atoms with Gasteiger partial charge in [-0.3, -0.25) is 14.9 Å². The van der Waals surface area contributed by atoms with E-state index in [0.29, 0.717) is 0 Å². The van der Waals surface area contributed by atoms with Crippen molar-refractivity contribution in [3.63, 3.8) is 0 Å². The molecule has 0 unspecified atom stereocenters. The zero-order valence-electron chi connectivity index (χ0n) is 7.11. The molecule has 0 radical (unpaired) electrons. The first-order valence-electron chi connectivity index (χ1n) is 3.94. The molecule has 2 heterocycles. The van der Waals surface area contributed by atoms with E-state index in [9.17, 15) is 4.79 Å². The smallest absolute Gasteiger partial charge is 0.268 e. The molecule has 3 nitrogen and oxygen atoms in total. The summed E-state index contributed by atoms with van der Waals surface area (Å²) in [5.41, 5.74) is 2.75. The third-order valence-electron chi connectivity index (χ3n) is 1.66. The lowest BCUT2D eigenvalue weighted by atomic mass is 10.4. The van der Waals surface area contributed by atoms with Crippen molar-refractivity contribution in [1.82, 2.24) is 4.68 Å². The Morgan fingerprint density at radius 1 is 1.43 bits per heavy atom. The summed E-state index contributed by atoms with van der Waals surface area (Å²) in [6, 6.07) is 5.65. The number of nitrogens with one attached hydrogen (secondary N) is 1. The molecule has 2 rings (SSSR count). The van der Waals surface area contributed by atoms with E-state index in [0.717, 1.165) is 8.45 Å². The third-order valence-corrected chi connectivity index (χ3v) is 3.84. The number of nitrogens with zero attached hydrogens (tertiary/aromatic N) is 1. The van der Waals surface area contributed by atoms with Crippen molar-refractivity contribution in [1.29, 1.82) is 0 Å². The van der Waals surface area contributed by atoms with Crippen LogP contribution in [0.15, 0.2) is 36.0 Å². The Labute approximate surface area is 98.9 Å². The SMILES string of the molecule is O=C(Nn1cccc1)c1sccc1I. The maximum Gasteiger partial charge on any atom is 0.281 e. The van der Waals surface area contributed by atoms with Gasteiger partial charge in [-0.25, -0.2) is 0 Å². The van der Waals surface area contributed by atoms with Crippen LogP contribution in [0, 0.1) is 3.57 Å². The van der Waals surface area contributed by atoms with Gasteiger partial charge in [0.15, 0.2) is 0 Å². The summed E-state index contributed by atoms with van der Waals surface area (Å²) in [5, 5.41) is 1.91. The van der Waals surface area contributed by atoms with Crippen LogP contribution in [0.25, 0.3) is 0 Å². The standard InChI is InChI=1S/C9H7IN2OS/c10-7-3-6-14-8(7)9(13)11-12-4-1-2-5-12/h1-6H,(H,11,13). The van der Waals surface area contributed by atoms with E-state index in [-0.39, 0.29) is 5.91 Å². The summed E-state index contributed by atoms with van der Waals surface area (Å²) in [6.45, 7) is 0. The summed E-state index contributed by atoms with van der Waals surface area (Å²) in [6.07, 6.45) is 3.58. The molecule has 1 amide bonds. The predicted octanol–water partition coefficient (Wildman–Crippen LogP) is 2.54. The first-order valence-corrected chi connectivity index (χ1v) is 5.90. The number of carbonyl (C=O) groups excluding carboxylic acids is 1. The summed E-state index contributed by atoms with van der Waals surface area (Å²) in [5.74, 6) is -0.0689. The Bertz CT molecular complexity index is 435. The van der Waals surface area contributed by atoms with Crippen molar-refractivity contribution < 1.29 is 4.79 Å².